The number of halogens is 1. The van der Waals surface area contributed by atoms with Crippen molar-refractivity contribution in [1.82, 2.24) is 5.32 Å². The van der Waals surface area contributed by atoms with Gasteiger partial charge < -0.3 is 10.1 Å². The Labute approximate surface area is 182 Å². The van der Waals surface area contributed by atoms with Crippen LogP contribution in [-0.4, -0.2) is 18.4 Å². The summed E-state index contributed by atoms with van der Waals surface area (Å²) < 4.78 is 5.89. The van der Waals surface area contributed by atoms with Crippen molar-refractivity contribution in [3.63, 3.8) is 0 Å². The summed E-state index contributed by atoms with van der Waals surface area (Å²) in [7, 11) is 0. The molecule has 2 fully saturated rings. The van der Waals surface area contributed by atoms with Crippen molar-refractivity contribution in [1.29, 1.82) is 0 Å². The lowest BCUT2D eigenvalue weighted by Gasteiger charge is -2.19. The topological polar surface area (TPSA) is 38.3 Å². The predicted octanol–water partition coefficient (Wildman–Crippen LogP) is 5.88. The van der Waals surface area contributed by atoms with Gasteiger partial charge in [-0.3, -0.25) is 4.79 Å². The molecule has 0 bridgehead atoms. The number of carbonyl (C=O) groups excluding carboxylic acids is 1. The molecule has 0 aromatic heterocycles. The lowest BCUT2D eigenvalue weighted by Crippen LogP contribution is -2.38. The van der Waals surface area contributed by atoms with Crippen LogP contribution in [0.2, 0.25) is 5.02 Å². The second kappa shape index (κ2) is 7.90. The number of rotatable bonds is 6. The molecule has 3 nitrogen and oxygen atoms in total. The molecule has 1 heterocycles. The van der Waals surface area contributed by atoms with Crippen molar-refractivity contribution >= 4 is 17.4 Å². The predicted molar refractivity (Wildman–Crippen MR) is 119 cm³/mol. The van der Waals surface area contributed by atoms with Crippen molar-refractivity contribution in [3.8, 4) is 11.5 Å². The fourth-order valence-electron chi connectivity index (χ4n) is 4.53. The van der Waals surface area contributed by atoms with Gasteiger partial charge in [0.15, 0.2) is 5.78 Å². The zero-order valence-electron chi connectivity index (χ0n) is 16.7. The maximum absolute atomic E-state index is 13.3. The number of ketones is 1. The molecule has 1 saturated heterocycles. The molecule has 1 aliphatic carbocycles. The van der Waals surface area contributed by atoms with Crippen molar-refractivity contribution < 1.29 is 9.53 Å². The van der Waals surface area contributed by atoms with Gasteiger partial charge in [-0.05, 0) is 72.7 Å². The summed E-state index contributed by atoms with van der Waals surface area (Å²) in [4.78, 5) is 13.3. The molecule has 0 radical (unpaired) electrons. The highest BCUT2D eigenvalue weighted by atomic mass is 35.5. The van der Waals surface area contributed by atoms with E-state index < -0.39 is 0 Å². The van der Waals surface area contributed by atoms with Crippen LogP contribution >= 0.6 is 11.6 Å². The first kappa shape index (κ1) is 19.3. The SMILES string of the molecule is O=C(C1CC(c2ccc(Oc3ccccc3)cc2)CN1)C1(c2ccc(Cl)cc2)CC1. The monoisotopic (exact) mass is 417 g/mol. The normalized spacial score (nSPS) is 21.9. The van der Waals surface area contributed by atoms with Crippen LogP contribution in [0.5, 0.6) is 11.5 Å². The van der Waals surface area contributed by atoms with Gasteiger partial charge >= 0.3 is 0 Å². The average molecular weight is 418 g/mol. The third-order valence-corrected chi connectivity index (χ3v) is 6.65. The highest BCUT2D eigenvalue weighted by Gasteiger charge is 2.53. The molecule has 3 aromatic carbocycles. The Balaban J connectivity index is 1.24. The largest absolute Gasteiger partial charge is 0.457 e. The van der Waals surface area contributed by atoms with E-state index in [1.807, 2.05) is 66.7 Å². The van der Waals surface area contributed by atoms with Gasteiger partial charge in [-0.1, -0.05) is 54.1 Å². The Kier molecular flexibility index (Phi) is 5.10. The molecular weight excluding hydrogens is 394 g/mol. The van der Waals surface area contributed by atoms with E-state index in [9.17, 15) is 4.79 Å². The third kappa shape index (κ3) is 3.76. The van der Waals surface area contributed by atoms with E-state index in [1.165, 1.54) is 5.56 Å². The first-order chi connectivity index (χ1) is 14.6. The van der Waals surface area contributed by atoms with E-state index in [0.29, 0.717) is 16.7 Å². The van der Waals surface area contributed by atoms with Crippen LogP contribution in [0.1, 0.15) is 36.3 Å². The molecule has 4 heteroatoms. The van der Waals surface area contributed by atoms with E-state index in [0.717, 1.165) is 42.9 Å². The highest BCUT2D eigenvalue weighted by Crippen LogP contribution is 2.50. The van der Waals surface area contributed by atoms with Gasteiger partial charge in [0.25, 0.3) is 0 Å². The Morgan fingerprint density at radius 3 is 2.23 bits per heavy atom. The van der Waals surface area contributed by atoms with Crippen LogP contribution in [-0.2, 0) is 10.2 Å². The van der Waals surface area contributed by atoms with Crippen molar-refractivity contribution in [2.75, 3.05) is 6.54 Å². The fourth-order valence-corrected chi connectivity index (χ4v) is 4.65. The standard InChI is InChI=1S/C26H24ClNO2/c27-21-10-8-20(9-11-21)26(14-15-26)25(29)24-16-19(17-28-24)18-6-12-23(13-7-18)30-22-4-2-1-3-5-22/h1-13,19,24,28H,14-17H2. The number of nitrogens with one attached hydrogen (secondary N) is 1. The minimum absolute atomic E-state index is 0.0894. The number of Topliss-reactive ketones (excluding diaryl/α,β-unsaturated/α-hetero) is 1. The Hall–Kier alpha value is -2.62. The van der Waals surface area contributed by atoms with Gasteiger partial charge in [0.2, 0.25) is 0 Å². The quantitative estimate of drug-likeness (QED) is 0.544. The molecule has 30 heavy (non-hydrogen) atoms. The minimum atomic E-state index is -0.315. The summed E-state index contributed by atoms with van der Waals surface area (Å²) in [6, 6.07) is 25.7. The molecule has 3 aromatic rings. The molecule has 5 rings (SSSR count). The zero-order chi connectivity index (χ0) is 20.6. The summed E-state index contributed by atoms with van der Waals surface area (Å²) in [5, 5.41) is 4.19. The molecule has 1 aliphatic heterocycles. The van der Waals surface area contributed by atoms with Crippen molar-refractivity contribution in [3.05, 3.63) is 95.0 Å². The smallest absolute Gasteiger partial charge is 0.160 e. The van der Waals surface area contributed by atoms with Crippen LogP contribution in [0.25, 0.3) is 0 Å². The van der Waals surface area contributed by atoms with E-state index in [-0.39, 0.29) is 11.5 Å². The Morgan fingerprint density at radius 2 is 1.57 bits per heavy atom. The number of benzene rings is 3. The van der Waals surface area contributed by atoms with Crippen LogP contribution < -0.4 is 10.1 Å². The Morgan fingerprint density at radius 1 is 0.900 bits per heavy atom. The summed E-state index contributed by atoms with van der Waals surface area (Å²) in [6.45, 7) is 0.825. The van der Waals surface area contributed by atoms with Crippen molar-refractivity contribution in [2.45, 2.75) is 36.6 Å². The number of para-hydroxylation sites is 1. The average Bonchev–Trinajstić information content (AvgIpc) is 3.44. The number of hydrogen-bond donors (Lipinski definition) is 1. The van der Waals surface area contributed by atoms with Gasteiger partial charge in [-0.2, -0.15) is 0 Å². The molecule has 152 valence electrons. The first-order valence-electron chi connectivity index (χ1n) is 10.5. The Bertz CT molecular complexity index is 1030. The second-order valence-corrected chi connectivity index (χ2v) is 8.77. The number of ether oxygens (including phenoxy) is 1. The molecule has 2 unspecified atom stereocenters. The molecule has 2 atom stereocenters. The van der Waals surface area contributed by atoms with Gasteiger partial charge in [0, 0.05) is 11.6 Å². The lowest BCUT2D eigenvalue weighted by molar-refractivity contribution is -0.123. The maximum Gasteiger partial charge on any atom is 0.160 e. The van der Waals surface area contributed by atoms with Crippen LogP contribution in [0.15, 0.2) is 78.9 Å². The van der Waals surface area contributed by atoms with Crippen LogP contribution in [0, 0.1) is 0 Å². The van der Waals surface area contributed by atoms with Gasteiger partial charge in [0.1, 0.15) is 11.5 Å². The molecule has 1 saturated carbocycles. The minimum Gasteiger partial charge on any atom is -0.457 e. The zero-order valence-corrected chi connectivity index (χ0v) is 17.4. The van der Waals surface area contributed by atoms with Gasteiger partial charge in [-0.15, -0.1) is 0 Å². The number of carbonyl (C=O) groups is 1. The van der Waals surface area contributed by atoms with Crippen LogP contribution in [0.3, 0.4) is 0 Å². The molecule has 0 amide bonds. The molecule has 2 aliphatic rings. The van der Waals surface area contributed by atoms with Gasteiger partial charge in [0.05, 0.1) is 11.5 Å². The summed E-state index contributed by atoms with van der Waals surface area (Å²) >= 11 is 6.03. The van der Waals surface area contributed by atoms with E-state index in [1.54, 1.807) is 0 Å². The highest BCUT2D eigenvalue weighted by molar-refractivity contribution is 6.30. The second-order valence-electron chi connectivity index (χ2n) is 8.33. The summed E-state index contributed by atoms with van der Waals surface area (Å²) in [5.74, 6) is 2.32. The summed E-state index contributed by atoms with van der Waals surface area (Å²) in [5.41, 5.74) is 2.03. The van der Waals surface area contributed by atoms with Crippen molar-refractivity contribution in [2.24, 2.45) is 0 Å². The number of hydrogen-bond acceptors (Lipinski definition) is 3. The lowest BCUT2D eigenvalue weighted by atomic mass is 9.85. The van der Waals surface area contributed by atoms with E-state index in [4.69, 9.17) is 16.3 Å². The molecule has 1 N–H and O–H groups in total. The van der Waals surface area contributed by atoms with Crippen LogP contribution in [0.4, 0.5) is 0 Å². The molecular formula is C26H24ClNO2. The van der Waals surface area contributed by atoms with E-state index >= 15 is 0 Å². The first-order valence-corrected chi connectivity index (χ1v) is 10.9. The third-order valence-electron chi connectivity index (χ3n) is 6.40. The fraction of sp³-hybridized carbons (Fsp3) is 0.269. The van der Waals surface area contributed by atoms with Gasteiger partial charge in [-0.25, -0.2) is 0 Å². The maximum atomic E-state index is 13.3. The molecule has 0 spiro atoms. The van der Waals surface area contributed by atoms with E-state index in [2.05, 4.69) is 17.4 Å². The summed E-state index contributed by atoms with van der Waals surface area (Å²) in [6.07, 6.45) is 2.71.